The molecule has 0 spiro atoms. The Balaban J connectivity index is 1.84. The zero-order valence-corrected chi connectivity index (χ0v) is 11.5. The lowest BCUT2D eigenvalue weighted by Crippen LogP contribution is -2.13. The van der Waals surface area contributed by atoms with Gasteiger partial charge in [-0.15, -0.1) is 10.2 Å². The van der Waals surface area contributed by atoms with Crippen LogP contribution in [0.4, 0.5) is 5.95 Å². The summed E-state index contributed by atoms with van der Waals surface area (Å²) >= 11 is 0. The van der Waals surface area contributed by atoms with Gasteiger partial charge in [-0.05, 0) is 25.1 Å². The first-order valence-corrected chi connectivity index (χ1v) is 6.32. The molecule has 0 aliphatic heterocycles. The smallest absolute Gasteiger partial charge is 0.336 e. The number of carbonyl (C=O) groups is 1. The molecule has 3 rings (SSSR count). The molecule has 21 heavy (non-hydrogen) atoms. The molecule has 0 aliphatic rings. The lowest BCUT2D eigenvalue weighted by molar-refractivity contribution is 0.102. The molecular formula is C12H13N7O2. The molecule has 0 aliphatic carbocycles. The van der Waals surface area contributed by atoms with Gasteiger partial charge in [0.05, 0.1) is 12.6 Å². The molecular weight excluding hydrogens is 274 g/mol. The SMILES string of the molecule is CCn1nnc2cc(C(=O)Nc3nc(OC)n[nH]3)ccc21. The fourth-order valence-corrected chi connectivity index (χ4v) is 1.92. The molecule has 0 atom stereocenters. The van der Waals surface area contributed by atoms with E-state index in [4.69, 9.17) is 4.74 Å². The van der Waals surface area contributed by atoms with Crippen molar-refractivity contribution in [2.75, 3.05) is 12.4 Å². The van der Waals surface area contributed by atoms with Gasteiger partial charge in [0.2, 0.25) is 5.95 Å². The largest absolute Gasteiger partial charge is 0.466 e. The number of anilines is 1. The quantitative estimate of drug-likeness (QED) is 0.735. The number of benzene rings is 1. The highest BCUT2D eigenvalue weighted by molar-refractivity contribution is 6.05. The van der Waals surface area contributed by atoms with Crippen molar-refractivity contribution in [1.82, 2.24) is 30.2 Å². The number of carbonyl (C=O) groups excluding carboxylic acids is 1. The zero-order valence-electron chi connectivity index (χ0n) is 11.5. The van der Waals surface area contributed by atoms with Gasteiger partial charge in [-0.1, -0.05) is 5.21 Å². The number of aromatic nitrogens is 6. The minimum atomic E-state index is -0.318. The molecule has 9 nitrogen and oxygen atoms in total. The van der Waals surface area contributed by atoms with Crippen molar-refractivity contribution in [3.05, 3.63) is 23.8 Å². The number of rotatable bonds is 4. The number of fused-ring (bicyclic) bond motifs is 1. The van der Waals surface area contributed by atoms with Gasteiger partial charge in [0.15, 0.2) is 0 Å². The maximum absolute atomic E-state index is 12.1. The highest BCUT2D eigenvalue weighted by atomic mass is 16.5. The van der Waals surface area contributed by atoms with Gasteiger partial charge in [-0.25, -0.2) is 9.78 Å². The first kappa shape index (κ1) is 13.0. The normalized spacial score (nSPS) is 10.8. The first-order chi connectivity index (χ1) is 10.2. The van der Waals surface area contributed by atoms with Crippen molar-refractivity contribution in [2.24, 2.45) is 0 Å². The summed E-state index contributed by atoms with van der Waals surface area (Å²) in [5.41, 5.74) is 2.01. The summed E-state index contributed by atoms with van der Waals surface area (Å²) in [4.78, 5) is 16.1. The van der Waals surface area contributed by atoms with E-state index in [1.54, 1.807) is 16.8 Å². The molecule has 2 heterocycles. The van der Waals surface area contributed by atoms with Crippen molar-refractivity contribution < 1.29 is 9.53 Å². The number of ether oxygens (including phenoxy) is 1. The second-order valence-electron chi connectivity index (χ2n) is 4.23. The molecule has 108 valence electrons. The van der Waals surface area contributed by atoms with Gasteiger partial charge in [0, 0.05) is 12.1 Å². The first-order valence-electron chi connectivity index (χ1n) is 6.32. The molecule has 3 aromatic rings. The van der Waals surface area contributed by atoms with Crippen molar-refractivity contribution in [1.29, 1.82) is 0 Å². The number of amides is 1. The number of nitrogens with one attached hydrogen (secondary N) is 2. The van der Waals surface area contributed by atoms with Crippen LogP contribution >= 0.6 is 0 Å². The van der Waals surface area contributed by atoms with Gasteiger partial charge >= 0.3 is 6.01 Å². The molecule has 1 amide bonds. The summed E-state index contributed by atoms with van der Waals surface area (Å²) in [7, 11) is 1.44. The molecule has 2 aromatic heterocycles. The van der Waals surface area contributed by atoms with E-state index in [-0.39, 0.29) is 17.9 Å². The highest BCUT2D eigenvalue weighted by Crippen LogP contribution is 2.14. The lowest BCUT2D eigenvalue weighted by atomic mass is 10.2. The molecule has 0 fully saturated rings. The average Bonchev–Trinajstić information content (AvgIpc) is 3.12. The van der Waals surface area contributed by atoms with Crippen LogP contribution in [0.3, 0.4) is 0 Å². The number of H-pyrrole nitrogens is 1. The van der Waals surface area contributed by atoms with Crippen LogP contribution in [-0.2, 0) is 6.54 Å². The third-order valence-electron chi connectivity index (χ3n) is 2.96. The summed E-state index contributed by atoms with van der Waals surface area (Å²) < 4.78 is 6.59. The standard InChI is InChI=1S/C12H13N7O2/c1-3-19-9-5-4-7(6-8(9)15-18-19)10(20)13-11-14-12(21-2)17-16-11/h4-6H,3H2,1-2H3,(H2,13,14,16,17,20). The van der Waals surface area contributed by atoms with E-state index in [0.717, 1.165) is 12.1 Å². The number of aryl methyl sites for hydroxylation is 1. The van der Waals surface area contributed by atoms with Gasteiger partial charge < -0.3 is 4.74 Å². The van der Waals surface area contributed by atoms with Crippen molar-refractivity contribution in [3.8, 4) is 6.01 Å². The van der Waals surface area contributed by atoms with Gasteiger partial charge in [0.25, 0.3) is 5.91 Å². The maximum atomic E-state index is 12.1. The molecule has 0 unspecified atom stereocenters. The van der Waals surface area contributed by atoms with E-state index in [2.05, 4.69) is 30.8 Å². The molecule has 9 heteroatoms. The van der Waals surface area contributed by atoms with Gasteiger partial charge in [-0.3, -0.25) is 10.1 Å². The summed E-state index contributed by atoms with van der Waals surface area (Å²) in [5.74, 6) is -0.101. The second kappa shape index (κ2) is 5.19. The monoisotopic (exact) mass is 287 g/mol. The van der Waals surface area contributed by atoms with E-state index >= 15 is 0 Å². The molecule has 0 saturated heterocycles. The van der Waals surface area contributed by atoms with Gasteiger partial charge in [0.1, 0.15) is 5.52 Å². The lowest BCUT2D eigenvalue weighted by Gasteiger charge is -2.01. The summed E-state index contributed by atoms with van der Waals surface area (Å²) in [6.45, 7) is 2.70. The van der Waals surface area contributed by atoms with Crippen LogP contribution in [0.1, 0.15) is 17.3 Å². The Hall–Kier alpha value is -2.97. The van der Waals surface area contributed by atoms with Crippen LogP contribution in [0.25, 0.3) is 11.0 Å². The Morgan fingerprint density at radius 1 is 1.48 bits per heavy atom. The summed E-state index contributed by atoms with van der Waals surface area (Å²) in [6.07, 6.45) is 0. The fraction of sp³-hybridized carbons (Fsp3) is 0.250. The van der Waals surface area contributed by atoms with Crippen molar-refractivity contribution in [2.45, 2.75) is 13.5 Å². The average molecular weight is 287 g/mol. The van der Waals surface area contributed by atoms with Crippen LogP contribution in [0, 0.1) is 0 Å². The van der Waals surface area contributed by atoms with E-state index in [1.165, 1.54) is 7.11 Å². The minimum Gasteiger partial charge on any atom is -0.466 e. The molecule has 0 bridgehead atoms. The van der Waals surface area contributed by atoms with Crippen molar-refractivity contribution in [3.63, 3.8) is 0 Å². The van der Waals surface area contributed by atoms with Crippen LogP contribution in [0.2, 0.25) is 0 Å². The fourth-order valence-electron chi connectivity index (χ4n) is 1.92. The molecule has 0 saturated carbocycles. The Morgan fingerprint density at radius 2 is 2.33 bits per heavy atom. The number of methoxy groups -OCH3 is 1. The Labute approximate surface area is 119 Å². The highest BCUT2D eigenvalue weighted by Gasteiger charge is 2.12. The zero-order chi connectivity index (χ0) is 14.8. The Kier molecular flexibility index (Phi) is 3.22. The van der Waals surface area contributed by atoms with Crippen LogP contribution in [0.15, 0.2) is 18.2 Å². The molecule has 2 N–H and O–H groups in total. The maximum Gasteiger partial charge on any atom is 0.336 e. The summed E-state index contributed by atoms with van der Waals surface area (Å²) in [6, 6.07) is 5.36. The van der Waals surface area contributed by atoms with Crippen LogP contribution in [0.5, 0.6) is 6.01 Å². The topological polar surface area (TPSA) is 111 Å². The predicted molar refractivity (Wildman–Crippen MR) is 74.1 cm³/mol. The minimum absolute atomic E-state index is 0.159. The predicted octanol–water partition coefficient (Wildman–Crippen LogP) is 0.830. The Morgan fingerprint density at radius 3 is 3.05 bits per heavy atom. The molecule has 1 aromatic carbocycles. The third kappa shape index (κ3) is 2.40. The van der Waals surface area contributed by atoms with E-state index in [0.29, 0.717) is 11.1 Å². The molecule has 0 radical (unpaired) electrons. The third-order valence-corrected chi connectivity index (χ3v) is 2.96. The van der Waals surface area contributed by atoms with E-state index in [1.807, 2.05) is 13.0 Å². The van der Waals surface area contributed by atoms with E-state index in [9.17, 15) is 4.79 Å². The van der Waals surface area contributed by atoms with Gasteiger partial charge in [-0.2, -0.15) is 4.98 Å². The number of nitrogens with zero attached hydrogens (tertiary/aromatic N) is 5. The number of hydrogen-bond donors (Lipinski definition) is 2. The Bertz CT molecular complexity index is 792. The van der Waals surface area contributed by atoms with E-state index < -0.39 is 0 Å². The number of hydrogen-bond acceptors (Lipinski definition) is 6. The summed E-state index contributed by atoms with van der Waals surface area (Å²) in [5, 5.41) is 16.9. The number of aromatic amines is 1. The van der Waals surface area contributed by atoms with Crippen LogP contribution in [-0.4, -0.2) is 43.2 Å². The van der Waals surface area contributed by atoms with Crippen LogP contribution < -0.4 is 10.1 Å². The van der Waals surface area contributed by atoms with Crippen molar-refractivity contribution >= 4 is 22.9 Å². The second-order valence-corrected chi connectivity index (χ2v) is 4.23.